The second-order valence-electron chi connectivity index (χ2n) is 6.35. The molecule has 0 saturated carbocycles. The number of methoxy groups -OCH3 is 1. The average molecular weight is 375 g/mol. The predicted molar refractivity (Wildman–Crippen MR) is 101 cm³/mol. The van der Waals surface area contributed by atoms with Crippen LogP contribution in [-0.2, 0) is 6.54 Å². The third-order valence-corrected chi connectivity index (χ3v) is 4.75. The Kier molecular flexibility index (Phi) is 4.81. The van der Waals surface area contributed by atoms with E-state index in [9.17, 15) is 0 Å². The Morgan fingerprint density at radius 3 is 2.61 bits per heavy atom. The molecule has 0 saturated heterocycles. The Morgan fingerprint density at radius 1 is 1.13 bits per heavy atom. The van der Waals surface area contributed by atoms with E-state index >= 15 is 0 Å². The first-order valence-electron chi connectivity index (χ1n) is 7.95. The molecule has 1 atom stereocenters. The molecule has 1 unspecified atom stereocenters. The van der Waals surface area contributed by atoms with Crippen molar-refractivity contribution in [2.24, 2.45) is 5.92 Å². The van der Waals surface area contributed by atoms with Gasteiger partial charge in [-0.3, -0.25) is 0 Å². The maximum atomic E-state index is 5.40. The lowest BCUT2D eigenvalue weighted by atomic mass is 10.1. The molecule has 0 fully saturated rings. The third kappa shape index (κ3) is 3.63. The van der Waals surface area contributed by atoms with Crippen molar-refractivity contribution < 1.29 is 4.74 Å². The van der Waals surface area contributed by atoms with Crippen LogP contribution in [0.15, 0.2) is 46.9 Å². The van der Waals surface area contributed by atoms with E-state index in [-0.39, 0.29) is 0 Å². The van der Waals surface area contributed by atoms with Crippen molar-refractivity contribution >= 4 is 27.3 Å². The fourth-order valence-electron chi connectivity index (χ4n) is 3.35. The van der Waals surface area contributed by atoms with Crippen molar-refractivity contribution in [1.82, 2.24) is 0 Å². The van der Waals surface area contributed by atoms with E-state index in [4.69, 9.17) is 4.74 Å². The van der Waals surface area contributed by atoms with E-state index in [1.54, 1.807) is 7.11 Å². The highest BCUT2D eigenvalue weighted by atomic mass is 79.9. The molecule has 1 aliphatic heterocycles. The number of halogens is 1. The maximum absolute atomic E-state index is 5.40. The van der Waals surface area contributed by atoms with Crippen molar-refractivity contribution in [3.63, 3.8) is 0 Å². The monoisotopic (exact) mass is 374 g/mol. The topological polar surface area (TPSA) is 15.7 Å². The van der Waals surface area contributed by atoms with E-state index in [1.165, 1.54) is 16.9 Å². The lowest BCUT2D eigenvalue weighted by Crippen LogP contribution is -2.29. The molecular formula is C19H23BrN2O. The molecule has 1 aliphatic rings. The number of rotatable bonds is 3. The van der Waals surface area contributed by atoms with Crippen molar-refractivity contribution in [2.75, 3.05) is 37.0 Å². The van der Waals surface area contributed by atoms with Crippen LogP contribution in [0.3, 0.4) is 0 Å². The molecule has 0 aromatic heterocycles. The van der Waals surface area contributed by atoms with Crippen molar-refractivity contribution in [1.29, 1.82) is 0 Å². The van der Waals surface area contributed by atoms with Crippen molar-refractivity contribution in [2.45, 2.75) is 13.5 Å². The van der Waals surface area contributed by atoms with Crippen LogP contribution in [0.25, 0.3) is 0 Å². The van der Waals surface area contributed by atoms with Gasteiger partial charge in [-0.05, 0) is 41.8 Å². The zero-order valence-corrected chi connectivity index (χ0v) is 15.5. The summed E-state index contributed by atoms with van der Waals surface area (Å²) in [5, 5.41) is 0. The molecule has 0 bridgehead atoms. The molecule has 2 aromatic carbocycles. The summed E-state index contributed by atoms with van der Waals surface area (Å²) in [5.41, 5.74) is 3.86. The molecule has 3 nitrogen and oxygen atoms in total. The Morgan fingerprint density at radius 2 is 1.87 bits per heavy atom. The van der Waals surface area contributed by atoms with Crippen LogP contribution in [0.1, 0.15) is 12.5 Å². The van der Waals surface area contributed by atoms with Crippen LogP contribution >= 0.6 is 15.9 Å². The van der Waals surface area contributed by atoms with Gasteiger partial charge in [0.15, 0.2) is 0 Å². The summed E-state index contributed by atoms with van der Waals surface area (Å²) >= 11 is 3.58. The molecule has 0 amide bonds. The summed E-state index contributed by atoms with van der Waals surface area (Å²) in [4.78, 5) is 4.84. The Hall–Kier alpha value is -1.68. The van der Waals surface area contributed by atoms with E-state index < -0.39 is 0 Å². The molecule has 0 N–H and O–H groups in total. The van der Waals surface area contributed by atoms with Gasteiger partial charge in [-0.2, -0.15) is 0 Å². The average Bonchev–Trinajstić information content (AvgIpc) is 2.64. The normalized spacial score (nSPS) is 17.7. The SMILES string of the molecule is COc1cc(Br)cc(CN2CC(C)CN(C)c3ccccc32)c1. The lowest BCUT2D eigenvalue weighted by Gasteiger charge is -2.27. The van der Waals surface area contributed by atoms with Crippen LogP contribution in [0.5, 0.6) is 5.75 Å². The summed E-state index contributed by atoms with van der Waals surface area (Å²) in [5.74, 6) is 1.50. The van der Waals surface area contributed by atoms with Crippen LogP contribution in [0, 0.1) is 5.92 Å². The minimum Gasteiger partial charge on any atom is -0.497 e. The number of benzene rings is 2. The zero-order valence-electron chi connectivity index (χ0n) is 13.9. The van der Waals surface area contributed by atoms with E-state index in [2.05, 4.69) is 76.1 Å². The second kappa shape index (κ2) is 6.83. The summed E-state index contributed by atoms with van der Waals surface area (Å²) in [7, 11) is 3.89. The number of ether oxygens (including phenoxy) is 1. The first kappa shape index (κ1) is 16.2. The fourth-order valence-corrected chi connectivity index (χ4v) is 3.87. The van der Waals surface area contributed by atoms with Crippen LogP contribution in [0.4, 0.5) is 11.4 Å². The minimum atomic E-state index is 0.612. The summed E-state index contributed by atoms with van der Waals surface area (Å²) in [6.07, 6.45) is 0. The number of anilines is 2. The smallest absolute Gasteiger partial charge is 0.120 e. The van der Waals surface area contributed by atoms with Gasteiger partial charge in [0.25, 0.3) is 0 Å². The Labute approximate surface area is 147 Å². The molecular weight excluding hydrogens is 352 g/mol. The van der Waals surface area contributed by atoms with Crippen molar-refractivity contribution in [3.8, 4) is 5.75 Å². The van der Waals surface area contributed by atoms with Gasteiger partial charge in [0, 0.05) is 31.2 Å². The lowest BCUT2D eigenvalue weighted by molar-refractivity contribution is 0.414. The number of nitrogens with zero attached hydrogens (tertiary/aromatic N) is 2. The highest BCUT2D eigenvalue weighted by molar-refractivity contribution is 9.10. The van der Waals surface area contributed by atoms with Gasteiger partial charge in [0.1, 0.15) is 5.75 Å². The molecule has 2 aromatic rings. The Balaban J connectivity index is 1.95. The van der Waals surface area contributed by atoms with Crippen molar-refractivity contribution in [3.05, 3.63) is 52.5 Å². The maximum Gasteiger partial charge on any atom is 0.120 e. The Bertz CT molecular complexity index is 689. The summed E-state index contributed by atoms with van der Waals surface area (Å²) in [6, 6.07) is 15.0. The molecule has 0 radical (unpaired) electrons. The highest BCUT2D eigenvalue weighted by Crippen LogP contribution is 2.34. The van der Waals surface area contributed by atoms with Crippen LogP contribution in [-0.4, -0.2) is 27.2 Å². The molecule has 23 heavy (non-hydrogen) atoms. The van der Waals surface area contributed by atoms with E-state index in [0.717, 1.165) is 29.9 Å². The van der Waals surface area contributed by atoms with Gasteiger partial charge in [-0.25, -0.2) is 0 Å². The predicted octanol–water partition coefficient (Wildman–Crippen LogP) is 4.55. The molecule has 4 heteroatoms. The molecule has 3 rings (SSSR count). The summed E-state index contributed by atoms with van der Waals surface area (Å²) < 4.78 is 6.46. The quantitative estimate of drug-likeness (QED) is 0.783. The molecule has 0 spiro atoms. The standard InChI is InChI=1S/C19H23BrN2O/c1-14-11-21(2)18-6-4-5-7-19(18)22(12-14)13-15-8-16(20)10-17(9-15)23-3/h4-10,14H,11-13H2,1-3H3. The highest BCUT2D eigenvalue weighted by Gasteiger charge is 2.22. The molecule has 0 aliphatic carbocycles. The zero-order chi connectivity index (χ0) is 16.4. The van der Waals surface area contributed by atoms with Crippen LogP contribution < -0.4 is 14.5 Å². The van der Waals surface area contributed by atoms with Gasteiger partial charge in [-0.15, -0.1) is 0 Å². The minimum absolute atomic E-state index is 0.612. The van der Waals surface area contributed by atoms with Gasteiger partial charge in [0.2, 0.25) is 0 Å². The van der Waals surface area contributed by atoms with Crippen LogP contribution in [0.2, 0.25) is 0 Å². The van der Waals surface area contributed by atoms with Gasteiger partial charge < -0.3 is 14.5 Å². The van der Waals surface area contributed by atoms with Gasteiger partial charge in [0.05, 0.1) is 18.5 Å². The van der Waals surface area contributed by atoms with Gasteiger partial charge >= 0.3 is 0 Å². The number of fused-ring (bicyclic) bond motifs is 1. The third-order valence-electron chi connectivity index (χ3n) is 4.29. The van der Waals surface area contributed by atoms with Gasteiger partial charge in [-0.1, -0.05) is 35.0 Å². The number of para-hydroxylation sites is 2. The number of hydrogen-bond acceptors (Lipinski definition) is 3. The first-order chi connectivity index (χ1) is 11.1. The number of hydrogen-bond donors (Lipinski definition) is 0. The summed E-state index contributed by atoms with van der Waals surface area (Å²) in [6.45, 7) is 5.33. The van der Waals surface area contributed by atoms with E-state index in [1.807, 2.05) is 6.07 Å². The fraction of sp³-hybridized carbons (Fsp3) is 0.368. The second-order valence-corrected chi connectivity index (χ2v) is 7.27. The molecule has 122 valence electrons. The largest absolute Gasteiger partial charge is 0.497 e. The molecule has 1 heterocycles. The van der Waals surface area contributed by atoms with E-state index in [0.29, 0.717) is 5.92 Å². The first-order valence-corrected chi connectivity index (χ1v) is 8.74.